The SMILES string of the molecule is Cc1cccc(NC(=O)CC2SCC(C(=O)O)NC2=O)c1. The largest absolute Gasteiger partial charge is 0.480 e. The second-order valence-electron chi connectivity index (χ2n) is 4.84. The maximum absolute atomic E-state index is 11.9. The summed E-state index contributed by atoms with van der Waals surface area (Å²) in [6, 6.07) is 6.50. The van der Waals surface area contributed by atoms with Crippen molar-refractivity contribution in [2.45, 2.75) is 24.6 Å². The fraction of sp³-hybridized carbons (Fsp3) is 0.357. The molecule has 21 heavy (non-hydrogen) atoms. The Hall–Kier alpha value is -2.02. The minimum Gasteiger partial charge on any atom is -0.480 e. The van der Waals surface area contributed by atoms with E-state index in [0.717, 1.165) is 5.56 Å². The molecule has 1 aromatic carbocycles. The number of rotatable bonds is 4. The Kier molecular flexibility index (Phi) is 4.85. The molecule has 2 unspecified atom stereocenters. The van der Waals surface area contributed by atoms with Crippen LogP contribution in [0.15, 0.2) is 24.3 Å². The van der Waals surface area contributed by atoms with E-state index in [9.17, 15) is 14.4 Å². The Morgan fingerprint density at radius 1 is 1.48 bits per heavy atom. The van der Waals surface area contributed by atoms with Crippen molar-refractivity contribution in [2.24, 2.45) is 0 Å². The quantitative estimate of drug-likeness (QED) is 0.771. The van der Waals surface area contributed by atoms with E-state index in [1.165, 1.54) is 11.8 Å². The fourth-order valence-corrected chi connectivity index (χ4v) is 3.12. The molecule has 6 nitrogen and oxygen atoms in total. The molecule has 0 spiro atoms. The third-order valence-corrected chi connectivity index (χ3v) is 4.35. The number of benzene rings is 1. The van der Waals surface area contributed by atoms with Crippen molar-refractivity contribution < 1.29 is 19.5 Å². The molecular weight excluding hydrogens is 292 g/mol. The predicted octanol–water partition coefficient (Wildman–Crippen LogP) is 1.01. The number of thioether (sulfide) groups is 1. The third kappa shape index (κ3) is 4.22. The van der Waals surface area contributed by atoms with Gasteiger partial charge in [-0.15, -0.1) is 11.8 Å². The topological polar surface area (TPSA) is 95.5 Å². The third-order valence-electron chi connectivity index (χ3n) is 3.04. The summed E-state index contributed by atoms with van der Waals surface area (Å²) < 4.78 is 0. The molecule has 1 aliphatic heterocycles. The minimum absolute atomic E-state index is 0.0246. The normalized spacial score (nSPS) is 21.5. The van der Waals surface area contributed by atoms with E-state index >= 15 is 0 Å². The van der Waals surface area contributed by atoms with Gasteiger partial charge in [0.2, 0.25) is 11.8 Å². The van der Waals surface area contributed by atoms with Gasteiger partial charge < -0.3 is 15.7 Å². The number of nitrogens with one attached hydrogen (secondary N) is 2. The van der Waals surface area contributed by atoms with Gasteiger partial charge in [0.25, 0.3) is 0 Å². The highest BCUT2D eigenvalue weighted by molar-refractivity contribution is 8.00. The Labute approximate surface area is 126 Å². The molecule has 0 radical (unpaired) electrons. The van der Waals surface area contributed by atoms with Gasteiger partial charge in [-0.2, -0.15) is 0 Å². The molecule has 1 fully saturated rings. The first-order valence-electron chi connectivity index (χ1n) is 6.47. The lowest BCUT2D eigenvalue weighted by Gasteiger charge is -2.25. The number of carbonyl (C=O) groups excluding carboxylic acids is 2. The maximum Gasteiger partial charge on any atom is 0.327 e. The van der Waals surface area contributed by atoms with E-state index in [-0.39, 0.29) is 18.1 Å². The lowest BCUT2D eigenvalue weighted by Crippen LogP contribution is -2.51. The van der Waals surface area contributed by atoms with Crippen molar-refractivity contribution in [3.63, 3.8) is 0 Å². The second kappa shape index (κ2) is 6.62. The summed E-state index contributed by atoms with van der Waals surface area (Å²) in [4.78, 5) is 34.5. The second-order valence-corrected chi connectivity index (χ2v) is 6.08. The van der Waals surface area contributed by atoms with E-state index in [1.54, 1.807) is 6.07 Å². The van der Waals surface area contributed by atoms with Crippen molar-refractivity contribution in [1.29, 1.82) is 0 Å². The lowest BCUT2D eigenvalue weighted by molar-refractivity contribution is -0.141. The average Bonchev–Trinajstić information content (AvgIpc) is 2.40. The van der Waals surface area contributed by atoms with Crippen LogP contribution in [-0.2, 0) is 14.4 Å². The molecule has 0 aromatic heterocycles. The van der Waals surface area contributed by atoms with E-state index in [0.29, 0.717) is 5.69 Å². The number of carboxylic acid groups (broad SMARTS) is 1. The van der Waals surface area contributed by atoms with Crippen LogP contribution in [0.25, 0.3) is 0 Å². The molecule has 3 N–H and O–H groups in total. The Morgan fingerprint density at radius 3 is 2.86 bits per heavy atom. The number of carbonyl (C=O) groups is 3. The molecule has 0 bridgehead atoms. The highest BCUT2D eigenvalue weighted by Gasteiger charge is 2.33. The van der Waals surface area contributed by atoms with Crippen LogP contribution in [-0.4, -0.2) is 39.9 Å². The van der Waals surface area contributed by atoms with Crippen LogP contribution in [0.3, 0.4) is 0 Å². The Morgan fingerprint density at radius 2 is 2.24 bits per heavy atom. The average molecular weight is 308 g/mol. The van der Waals surface area contributed by atoms with Crippen LogP contribution in [0.2, 0.25) is 0 Å². The van der Waals surface area contributed by atoms with Crippen LogP contribution < -0.4 is 10.6 Å². The molecule has 2 rings (SSSR count). The first-order chi connectivity index (χ1) is 9.95. The first kappa shape index (κ1) is 15.4. The van der Waals surface area contributed by atoms with Crippen molar-refractivity contribution in [3.05, 3.63) is 29.8 Å². The number of anilines is 1. The van der Waals surface area contributed by atoms with Gasteiger partial charge in [0, 0.05) is 17.9 Å². The monoisotopic (exact) mass is 308 g/mol. The number of hydrogen-bond acceptors (Lipinski definition) is 4. The number of aliphatic carboxylic acids is 1. The standard InChI is InChI=1S/C14H16N2O4S/c1-8-3-2-4-9(5-8)15-12(17)6-11-13(18)16-10(7-21-11)14(19)20/h2-5,10-11H,6-7H2,1H3,(H,15,17)(H,16,18)(H,19,20). The Bertz CT molecular complexity index is 576. The van der Waals surface area contributed by atoms with Crippen LogP contribution >= 0.6 is 11.8 Å². The molecule has 1 aliphatic rings. The van der Waals surface area contributed by atoms with Crippen molar-refractivity contribution in [1.82, 2.24) is 5.32 Å². The van der Waals surface area contributed by atoms with Gasteiger partial charge in [-0.05, 0) is 24.6 Å². The molecule has 2 atom stereocenters. The molecule has 0 aliphatic carbocycles. The highest BCUT2D eigenvalue weighted by atomic mass is 32.2. The number of carboxylic acids is 1. The fourth-order valence-electron chi connectivity index (χ4n) is 1.98. The number of aryl methyl sites for hydroxylation is 1. The molecule has 1 heterocycles. The van der Waals surface area contributed by atoms with Gasteiger partial charge in [-0.1, -0.05) is 12.1 Å². The highest BCUT2D eigenvalue weighted by Crippen LogP contribution is 2.22. The zero-order valence-corrected chi connectivity index (χ0v) is 12.3. The van der Waals surface area contributed by atoms with E-state index in [4.69, 9.17) is 5.11 Å². The molecule has 0 saturated carbocycles. The van der Waals surface area contributed by atoms with Gasteiger partial charge in [0.1, 0.15) is 6.04 Å². The van der Waals surface area contributed by atoms with Crippen LogP contribution in [0.5, 0.6) is 0 Å². The van der Waals surface area contributed by atoms with Gasteiger partial charge in [-0.25, -0.2) is 4.79 Å². The van der Waals surface area contributed by atoms with Gasteiger partial charge in [0.15, 0.2) is 0 Å². The first-order valence-corrected chi connectivity index (χ1v) is 7.52. The summed E-state index contributed by atoms with van der Waals surface area (Å²) in [7, 11) is 0. The molecule has 2 amide bonds. The zero-order valence-electron chi connectivity index (χ0n) is 11.5. The smallest absolute Gasteiger partial charge is 0.327 e. The summed E-state index contributed by atoms with van der Waals surface area (Å²) in [5, 5.41) is 13.4. The molecule has 1 aromatic rings. The summed E-state index contributed by atoms with van der Waals surface area (Å²) in [6.45, 7) is 1.92. The van der Waals surface area contributed by atoms with E-state index in [1.807, 2.05) is 25.1 Å². The van der Waals surface area contributed by atoms with Gasteiger partial charge in [-0.3, -0.25) is 9.59 Å². The van der Waals surface area contributed by atoms with E-state index in [2.05, 4.69) is 10.6 Å². The van der Waals surface area contributed by atoms with Gasteiger partial charge in [0.05, 0.1) is 5.25 Å². The van der Waals surface area contributed by atoms with Crippen molar-refractivity contribution in [2.75, 3.05) is 11.1 Å². The summed E-state index contributed by atoms with van der Waals surface area (Å²) in [6.07, 6.45) is 0.0246. The Balaban J connectivity index is 1.89. The van der Waals surface area contributed by atoms with Crippen molar-refractivity contribution >= 4 is 35.2 Å². The maximum atomic E-state index is 11.9. The predicted molar refractivity (Wildman–Crippen MR) is 80.2 cm³/mol. The minimum atomic E-state index is -1.06. The molecule has 112 valence electrons. The molecular formula is C14H16N2O4S. The van der Waals surface area contributed by atoms with Crippen LogP contribution in [0.4, 0.5) is 5.69 Å². The lowest BCUT2D eigenvalue weighted by atomic mass is 10.2. The van der Waals surface area contributed by atoms with Crippen LogP contribution in [0, 0.1) is 6.92 Å². The summed E-state index contributed by atoms with van der Waals surface area (Å²) in [5.41, 5.74) is 1.71. The summed E-state index contributed by atoms with van der Waals surface area (Å²) >= 11 is 1.20. The van der Waals surface area contributed by atoms with Gasteiger partial charge >= 0.3 is 5.97 Å². The summed E-state index contributed by atoms with van der Waals surface area (Å²) in [5.74, 6) is -1.46. The number of hydrogen-bond donors (Lipinski definition) is 3. The van der Waals surface area contributed by atoms with E-state index < -0.39 is 23.2 Å². The van der Waals surface area contributed by atoms with Crippen molar-refractivity contribution in [3.8, 4) is 0 Å². The molecule has 7 heteroatoms. The zero-order chi connectivity index (χ0) is 15.4. The van der Waals surface area contributed by atoms with Crippen LogP contribution in [0.1, 0.15) is 12.0 Å². The molecule has 1 saturated heterocycles. The number of amides is 2.